The van der Waals surface area contributed by atoms with Crippen molar-refractivity contribution in [3.63, 3.8) is 0 Å². The molecule has 0 bridgehead atoms. The third-order valence-corrected chi connectivity index (χ3v) is 5.40. The highest BCUT2D eigenvalue weighted by molar-refractivity contribution is 7.99. The summed E-state index contributed by atoms with van der Waals surface area (Å²) in [5, 5.41) is 0. The van der Waals surface area contributed by atoms with Crippen LogP contribution in [0.15, 0.2) is 4.90 Å². The Hall–Kier alpha value is -1.03. The summed E-state index contributed by atoms with van der Waals surface area (Å²) in [7, 11) is 0. The molecule has 0 saturated carbocycles. The molecule has 3 heterocycles. The third kappa shape index (κ3) is 2.27. The van der Waals surface area contributed by atoms with Gasteiger partial charge in [-0.1, -0.05) is 6.92 Å². The van der Waals surface area contributed by atoms with Gasteiger partial charge < -0.3 is 4.90 Å². The van der Waals surface area contributed by atoms with Crippen molar-refractivity contribution in [3.05, 3.63) is 22.5 Å². The standard InChI is InChI=1S/C15H20N2OS/c1-3-14(18)17-7-4-11-10(2)15-13(6-9-19-15)16-12(11)5-8-17/h3-9H2,1-2H3. The molecule has 1 aromatic rings. The van der Waals surface area contributed by atoms with Crippen molar-refractivity contribution >= 4 is 17.7 Å². The highest BCUT2D eigenvalue weighted by atomic mass is 32.2. The fourth-order valence-corrected chi connectivity index (χ4v) is 4.23. The zero-order valence-corrected chi connectivity index (χ0v) is 12.5. The van der Waals surface area contributed by atoms with Gasteiger partial charge in [0.25, 0.3) is 0 Å². The number of carbonyl (C=O) groups is 1. The molecule has 4 heteroatoms. The molecule has 0 aromatic carbocycles. The normalized spacial score (nSPS) is 17.9. The largest absolute Gasteiger partial charge is 0.342 e. The van der Waals surface area contributed by atoms with Crippen molar-refractivity contribution in [3.8, 4) is 0 Å². The second-order valence-corrected chi connectivity index (χ2v) is 6.38. The Morgan fingerprint density at radius 1 is 1.26 bits per heavy atom. The van der Waals surface area contributed by atoms with E-state index >= 15 is 0 Å². The monoisotopic (exact) mass is 276 g/mol. The summed E-state index contributed by atoms with van der Waals surface area (Å²) in [5.74, 6) is 1.44. The van der Waals surface area contributed by atoms with Gasteiger partial charge in [0.15, 0.2) is 0 Å². The maximum Gasteiger partial charge on any atom is 0.222 e. The molecule has 3 nitrogen and oxygen atoms in total. The highest BCUT2D eigenvalue weighted by Gasteiger charge is 2.24. The predicted molar refractivity (Wildman–Crippen MR) is 77.7 cm³/mol. The van der Waals surface area contributed by atoms with Crippen LogP contribution in [0.25, 0.3) is 0 Å². The SMILES string of the molecule is CCC(=O)N1CCc2nc3c(c(C)c2CC1)SCC3. The molecule has 19 heavy (non-hydrogen) atoms. The van der Waals surface area contributed by atoms with E-state index in [1.165, 1.54) is 33.2 Å². The van der Waals surface area contributed by atoms with E-state index < -0.39 is 0 Å². The summed E-state index contributed by atoms with van der Waals surface area (Å²) in [6, 6.07) is 0. The number of nitrogens with zero attached hydrogens (tertiary/aromatic N) is 2. The summed E-state index contributed by atoms with van der Waals surface area (Å²) in [5.41, 5.74) is 5.36. The lowest BCUT2D eigenvalue weighted by atomic mass is 10.0. The number of aryl methyl sites for hydroxylation is 1. The molecule has 1 aromatic heterocycles. The molecule has 0 unspecified atom stereocenters. The van der Waals surface area contributed by atoms with Gasteiger partial charge in [0.2, 0.25) is 5.91 Å². The van der Waals surface area contributed by atoms with E-state index in [1.54, 1.807) is 0 Å². The first-order chi connectivity index (χ1) is 9.20. The molecule has 0 N–H and O–H groups in total. The van der Waals surface area contributed by atoms with Crippen LogP contribution < -0.4 is 0 Å². The van der Waals surface area contributed by atoms with E-state index in [-0.39, 0.29) is 5.91 Å². The van der Waals surface area contributed by atoms with E-state index in [4.69, 9.17) is 4.98 Å². The highest BCUT2D eigenvalue weighted by Crippen LogP contribution is 2.36. The number of rotatable bonds is 1. The van der Waals surface area contributed by atoms with Gasteiger partial charge in [-0.3, -0.25) is 9.78 Å². The van der Waals surface area contributed by atoms with Gasteiger partial charge in [-0.05, 0) is 24.5 Å². The molecule has 0 radical (unpaired) electrons. The molecule has 0 fully saturated rings. The average Bonchev–Trinajstić information content (AvgIpc) is 2.78. The van der Waals surface area contributed by atoms with Crippen LogP contribution in [0.5, 0.6) is 0 Å². The van der Waals surface area contributed by atoms with E-state index in [0.717, 1.165) is 32.4 Å². The second-order valence-electron chi connectivity index (χ2n) is 5.27. The summed E-state index contributed by atoms with van der Waals surface area (Å²) in [6.07, 6.45) is 3.59. The lowest BCUT2D eigenvalue weighted by molar-refractivity contribution is -0.130. The van der Waals surface area contributed by atoms with E-state index in [0.29, 0.717) is 6.42 Å². The minimum Gasteiger partial charge on any atom is -0.342 e. The van der Waals surface area contributed by atoms with Crippen molar-refractivity contribution < 1.29 is 4.79 Å². The number of pyridine rings is 1. The Morgan fingerprint density at radius 3 is 2.84 bits per heavy atom. The Balaban J connectivity index is 1.92. The van der Waals surface area contributed by atoms with Crippen LogP contribution in [-0.4, -0.2) is 34.6 Å². The van der Waals surface area contributed by atoms with Gasteiger partial charge in [-0.15, -0.1) is 11.8 Å². The number of thioether (sulfide) groups is 1. The Bertz CT molecular complexity index is 527. The minimum absolute atomic E-state index is 0.271. The van der Waals surface area contributed by atoms with E-state index in [1.807, 2.05) is 23.6 Å². The molecule has 2 aliphatic rings. The number of fused-ring (bicyclic) bond motifs is 2. The number of carbonyl (C=O) groups excluding carboxylic acids is 1. The Morgan fingerprint density at radius 2 is 2.05 bits per heavy atom. The lowest BCUT2D eigenvalue weighted by Gasteiger charge is -2.19. The molecule has 1 amide bonds. The quantitative estimate of drug-likeness (QED) is 0.789. The topological polar surface area (TPSA) is 33.2 Å². The number of hydrogen-bond donors (Lipinski definition) is 0. The first-order valence-electron chi connectivity index (χ1n) is 7.12. The van der Waals surface area contributed by atoms with Gasteiger partial charge >= 0.3 is 0 Å². The van der Waals surface area contributed by atoms with Crippen LogP contribution in [-0.2, 0) is 24.1 Å². The van der Waals surface area contributed by atoms with Crippen LogP contribution in [0.2, 0.25) is 0 Å². The molecule has 3 rings (SSSR count). The summed E-state index contributed by atoms with van der Waals surface area (Å²) in [4.78, 5) is 20.1. The first kappa shape index (κ1) is 13.0. The Kier molecular flexibility index (Phi) is 3.52. The second kappa shape index (κ2) is 5.16. The van der Waals surface area contributed by atoms with Crippen LogP contribution in [0.4, 0.5) is 0 Å². The van der Waals surface area contributed by atoms with Crippen LogP contribution in [0, 0.1) is 6.92 Å². The molecular weight excluding hydrogens is 256 g/mol. The fourth-order valence-electron chi connectivity index (χ4n) is 3.07. The smallest absolute Gasteiger partial charge is 0.222 e. The van der Waals surface area contributed by atoms with Crippen molar-refractivity contribution in [1.29, 1.82) is 0 Å². The van der Waals surface area contributed by atoms with Crippen molar-refractivity contribution in [2.75, 3.05) is 18.8 Å². The van der Waals surface area contributed by atoms with Crippen LogP contribution in [0.3, 0.4) is 0 Å². The third-order valence-electron chi connectivity index (χ3n) is 4.16. The molecule has 102 valence electrons. The molecule has 0 spiro atoms. The number of hydrogen-bond acceptors (Lipinski definition) is 3. The number of amides is 1. The van der Waals surface area contributed by atoms with Crippen molar-refractivity contribution in [1.82, 2.24) is 9.88 Å². The average molecular weight is 276 g/mol. The first-order valence-corrected chi connectivity index (χ1v) is 8.11. The predicted octanol–water partition coefficient (Wildman–Crippen LogP) is 2.38. The number of aromatic nitrogens is 1. The van der Waals surface area contributed by atoms with Crippen LogP contribution in [0.1, 0.15) is 35.9 Å². The molecule has 0 atom stereocenters. The van der Waals surface area contributed by atoms with Crippen LogP contribution >= 0.6 is 11.8 Å². The van der Waals surface area contributed by atoms with Crippen molar-refractivity contribution in [2.45, 2.75) is 44.4 Å². The fraction of sp³-hybridized carbons (Fsp3) is 0.600. The van der Waals surface area contributed by atoms with Gasteiger partial charge in [0.05, 0.1) is 5.69 Å². The van der Waals surface area contributed by atoms with Gasteiger partial charge in [0.1, 0.15) is 0 Å². The minimum atomic E-state index is 0.271. The van der Waals surface area contributed by atoms with Gasteiger partial charge in [-0.25, -0.2) is 0 Å². The molecule has 0 saturated heterocycles. The zero-order valence-electron chi connectivity index (χ0n) is 11.7. The summed E-state index contributed by atoms with van der Waals surface area (Å²) >= 11 is 1.94. The van der Waals surface area contributed by atoms with Gasteiger partial charge in [-0.2, -0.15) is 0 Å². The summed E-state index contributed by atoms with van der Waals surface area (Å²) in [6.45, 7) is 5.85. The molecular formula is C15H20N2OS. The molecule has 2 aliphatic heterocycles. The van der Waals surface area contributed by atoms with Gasteiger partial charge in [0, 0.05) is 48.7 Å². The van der Waals surface area contributed by atoms with E-state index in [2.05, 4.69) is 6.92 Å². The van der Waals surface area contributed by atoms with Crippen molar-refractivity contribution in [2.24, 2.45) is 0 Å². The summed E-state index contributed by atoms with van der Waals surface area (Å²) < 4.78 is 0. The lowest BCUT2D eigenvalue weighted by Crippen LogP contribution is -2.32. The maximum absolute atomic E-state index is 11.9. The van der Waals surface area contributed by atoms with E-state index in [9.17, 15) is 4.79 Å². The molecule has 0 aliphatic carbocycles. The maximum atomic E-state index is 11.9. The zero-order chi connectivity index (χ0) is 13.4. The Labute approximate surface area is 118 Å².